The predicted octanol–water partition coefficient (Wildman–Crippen LogP) is 3.24. The Hall–Kier alpha value is -3.41. The van der Waals surface area contributed by atoms with Crippen LogP contribution in [0.4, 0.5) is 0 Å². The van der Waals surface area contributed by atoms with E-state index >= 15 is 0 Å². The van der Waals surface area contributed by atoms with Crippen LogP contribution in [0.5, 0.6) is 11.5 Å². The maximum absolute atomic E-state index is 11.9. The molecular weight excluding hydrogens is 342 g/mol. The Bertz CT molecular complexity index is 923. The third kappa shape index (κ3) is 5.54. The van der Waals surface area contributed by atoms with Crippen molar-refractivity contribution in [2.75, 3.05) is 19.8 Å². The second-order valence-electron chi connectivity index (χ2n) is 5.66. The van der Waals surface area contributed by atoms with E-state index in [0.717, 1.165) is 22.5 Å². The molecule has 6 nitrogen and oxygen atoms in total. The van der Waals surface area contributed by atoms with Crippen LogP contribution in [0, 0.1) is 0 Å². The van der Waals surface area contributed by atoms with Crippen LogP contribution in [0.1, 0.15) is 12.6 Å². The number of carbonyl (C=O) groups excluding carboxylic acids is 1. The van der Waals surface area contributed by atoms with E-state index in [2.05, 4.69) is 15.3 Å². The summed E-state index contributed by atoms with van der Waals surface area (Å²) in [5.41, 5.74) is 2.25. The molecule has 0 spiro atoms. The van der Waals surface area contributed by atoms with Gasteiger partial charge in [-0.2, -0.15) is 0 Å². The molecule has 1 N–H and O–H groups in total. The summed E-state index contributed by atoms with van der Waals surface area (Å²) in [6, 6.07) is 15.0. The van der Waals surface area contributed by atoms with Crippen LogP contribution in [-0.2, 0) is 4.79 Å². The van der Waals surface area contributed by atoms with Gasteiger partial charge in [0.1, 0.15) is 18.1 Å². The van der Waals surface area contributed by atoms with Gasteiger partial charge in [-0.25, -0.2) is 4.98 Å². The van der Waals surface area contributed by atoms with E-state index < -0.39 is 0 Å². The highest BCUT2D eigenvalue weighted by Crippen LogP contribution is 2.17. The van der Waals surface area contributed by atoms with Crippen LogP contribution in [0.25, 0.3) is 17.1 Å². The molecule has 0 atom stereocenters. The summed E-state index contributed by atoms with van der Waals surface area (Å²) in [4.78, 5) is 20.6. The van der Waals surface area contributed by atoms with E-state index in [1.165, 1.54) is 6.08 Å². The lowest BCUT2D eigenvalue weighted by Crippen LogP contribution is -2.26. The number of ether oxygens (including phenoxy) is 2. The quantitative estimate of drug-likeness (QED) is 0.491. The molecule has 0 radical (unpaired) electrons. The second-order valence-corrected chi connectivity index (χ2v) is 5.66. The standard InChI is InChI=1S/C21H21N3O3/c1-2-26-17-8-10-18(11-9-17)27-14-13-22-21(25)12-7-16-15-23-19-5-3-4-6-20(19)24-16/h3-12,15H,2,13-14H2,1H3,(H,22,25)/b12-7+. The molecule has 0 unspecified atom stereocenters. The molecule has 0 aliphatic carbocycles. The number of para-hydroxylation sites is 2. The molecule has 27 heavy (non-hydrogen) atoms. The zero-order chi connectivity index (χ0) is 18.9. The number of rotatable bonds is 8. The van der Waals surface area contributed by atoms with Crippen LogP contribution in [0.3, 0.4) is 0 Å². The minimum atomic E-state index is -0.208. The molecule has 0 fully saturated rings. The van der Waals surface area contributed by atoms with Gasteiger partial charge in [0.05, 0.1) is 36.1 Å². The molecule has 0 aliphatic heterocycles. The van der Waals surface area contributed by atoms with Gasteiger partial charge in [0.2, 0.25) is 5.91 Å². The van der Waals surface area contributed by atoms with E-state index in [0.29, 0.717) is 25.5 Å². The molecule has 1 aromatic heterocycles. The number of nitrogens with one attached hydrogen (secondary N) is 1. The molecule has 0 aliphatic rings. The maximum Gasteiger partial charge on any atom is 0.244 e. The lowest BCUT2D eigenvalue weighted by molar-refractivity contribution is -0.116. The largest absolute Gasteiger partial charge is 0.494 e. The highest BCUT2D eigenvalue weighted by Gasteiger charge is 1.99. The Balaban J connectivity index is 1.42. The highest BCUT2D eigenvalue weighted by atomic mass is 16.5. The number of carbonyl (C=O) groups is 1. The Morgan fingerprint density at radius 1 is 1.04 bits per heavy atom. The molecule has 1 heterocycles. The third-order valence-electron chi connectivity index (χ3n) is 3.68. The molecule has 0 saturated carbocycles. The number of fused-ring (bicyclic) bond motifs is 1. The summed E-state index contributed by atoms with van der Waals surface area (Å²) < 4.78 is 11.0. The third-order valence-corrected chi connectivity index (χ3v) is 3.68. The zero-order valence-electron chi connectivity index (χ0n) is 15.1. The summed E-state index contributed by atoms with van der Waals surface area (Å²) in [6.45, 7) is 3.35. The fourth-order valence-corrected chi connectivity index (χ4v) is 2.41. The lowest BCUT2D eigenvalue weighted by Gasteiger charge is -2.08. The van der Waals surface area contributed by atoms with Crippen molar-refractivity contribution < 1.29 is 14.3 Å². The van der Waals surface area contributed by atoms with Crippen molar-refractivity contribution in [1.29, 1.82) is 0 Å². The van der Waals surface area contributed by atoms with Crippen LogP contribution in [-0.4, -0.2) is 35.6 Å². The Labute approximate surface area is 157 Å². The molecule has 2 aromatic carbocycles. The molecule has 6 heteroatoms. The van der Waals surface area contributed by atoms with Gasteiger partial charge in [-0.3, -0.25) is 9.78 Å². The van der Waals surface area contributed by atoms with Crippen molar-refractivity contribution in [2.45, 2.75) is 6.92 Å². The number of hydrogen-bond donors (Lipinski definition) is 1. The first-order chi connectivity index (χ1) is 13.2. The van der Waals surface area contributed by atoms with Gasteiger partial charge in [-0.1, -0.05) is 12.1 Å². The van der Waals surface area contributed by atoms with E-state index in [4.69, 9.17) is 9.47 Å². The highest BCUT2D eigenvalue weighted by molar-refractivity contribution is 5.91. The minimum Gasteiger partial charge on any atom is -0.494 e. The van der Waals surface area contributed by atoms with Gasteiger partial charge in [0.15, 0.2) is 0 Å². The summed E-state index contributed by atoms with van der Waals surface area (Å²) >= 11 is 0. The average Bonchev–Trinajstić information content (AvgIpc) is 2.71. The summed E-state index contributed by atoms with van der Waals surface area (Å²) in [5, 5.41) is 2.77. The summed E-state index contributed by atoms with van der Waals surface area (Å²) in [7, 11) is 0. The van der Waals surface area contributed by atoms with Gasteiger partial charge < -0.3 is 14.8 Å². The zero-order valence-corrected chi connectivity index (χ0v) is 15.1. The fourth-order valence-electron chi connectivity index (χ4n) is 2.41. The van der Waals surface area contributed by atoms with Gasteiger partial charge in [-0.15, -0.1) is 0 Å². The Morgan fingerprint density at radius 3 is 2.48 bits per heavy atom. The minimum absolute atomic E-state index is 0.208. The molecule has 3 rings (SSSR count). The first-order valence-corrected chi connectivity index (χ1v) is 8.78. The number of nitrogens with zero attached hydrogens (tertiary/aromatic N) is 2. The average molecular weight is 363 g/mol. The molecule has 0 saturated heterocycles. The molecular formula is C21H21N3O3. The first kappa shape index (κ1) is 18.4. The van der Waals surface area contributed by atoms with Crippen LogP contribution >= 0.6 is 0 Å². The van der Waals surface area contributed by atoms with Crippen LogP contribution in [0.15, 0.2) is 60.8 Å². The Morgan fingerprint density at radius 2 is 1.74 bits per heavy atom. The molecule has 3 aromatic rings. The van der Waals surface area contributed by atoms with Gasteiger partial charge >= 0.3 is 0 Å². The number of hydrogen-bond acceptors (Lipinski definition) is 5. The lowest BCUT2D eigenvalue weighted by atomic mass is 10.3. The molecule has 0 bridgehead atoms. The molecule has 138 valence electrons. The first-order valence-electron chi connectivity index (χ1n) is 8.78. The van der Waals surface area contributed by atoms with Crippen molar-refractivity contribution in [3.8, 4) is 11.5 Å². The fraction of sp³-hybridized carbons (Fsp3) is 0.190. The smallest absolute Gasteiger partial charge is 0.244 e. The number of amides is 1. The monoisotopic (exact) mass is 363 g/mol. The SMILES string of the molecule is CCOc1ccc(OCCNC(=O)/C=C/c2cnc3ccccc3n2)cc1. The summed E-state index contributed by atoms with van der Waals surface area (Å²) in [6.07, 6.45) is 4.72. The number of aromatic nitrogens is 2. The van der Waals surface area contributed by atoms with Crippen molar-refractivity contribution in [2.24, 2.45) is 0 Å². The van der Waals surface area contributed by atoms with Crippen molar-refractivity contribution in [3.05, 3.63) is 66.5 Å². The van der Waals surface area contributed by atoms with Crippen LogP contribution < -0.4 is 14.8 Å². The topological polar surface area (TPSA) is 73.3 Å². The van der Waals surface area contributed by atoms with Crippen molar-refractivity contribution in [1.82, 2.24) is 15.3 Å². The maximum atomic E-state index is 11.9. The summed E-state index contributed by atoms with van der Waals surface area (Å²) in [5.74, 6) is 1.33. The van der Waals surface area contributed by atoms with Crippen LogP contribution in [0.2, 0.25) is 0 Å². The van der Waals surface area contributed by atoms with Crippen molar-refractivity contribution in [3.63, 3.8) is 0 Å². The van der Waals surface area contributed by atoms with Crippen molar-refractivity contribution >= 4 is 23.0 Å². The normalized spacial score (nSPS) is 10.9. The van der Waals surface area contributed by atoms with Gasteiger partial charge in [0.25, 0.3) is 0 Å². The Kier molecular flexibility index (Phi) is 6.35. The van der Waals surface area contributed by atoms with Gasteiger partial charge in [-0.05, 0) is 49.4 Å². The second kappa shape index (κ2) is 9.33. The number of benzene rings is 2. The van der Waals surface area contributed by atoms with Gasteiger partial charge in [0, 0.05) is 6.08 Å². The van der Waals surface area contributed by atoms with E-state index in [1.807, 2.05) is 55.5 Å². The van der Waals surface area contributed by atoms with E-state index in [9.17, 15) is 4.79 Å². The van der Waals surface area contributed by atoms with E-state index in [-0.39, 0.29) is 5.91 Å². The van der Waals surface area contributed by atoms with E-state index in [1.54, 1.807) is 12.3 Å². The predicted molar refractivity (Wildman–Crippen MR) is 105 cm³/mol. The molecule has 1 amide bonds.